The molecule has 0 aromatic heterocycles. The molecule has 1 aromatic carbocycles. The summed E-state index contributed by atoms with van der Waals surface area (Å²) in [5, 5.41) is 0. The predicted molar refractivity (Wildman–Crippen MR) is 63.6 cm³/mol. The van der Waals surface area contributed by atoms with Crippen LogP contribution in [0.3, 0.4) is 0 Å². The lowest BCUT2D eigenvalue weighted by Crippen LogP contribution is -2.28. The van der Waals surface area contributed by atoms with Gasteiger partial charge in [-0.1, -0.05) is 35.9 Å². The minimum Gasteiger partial charge on any atom is -0.329 e. The SMILES string of the molecule is NCC(N)/C=C1\CCc2ccccc2C1. The Balaban J connectivity index is 2.15. The highest BCUT2D eigenvalue weighted by Crippen LogP contribution is 2.24. The molecular formula is C13H18N2. The molecule has 1 unspecified atom stereocenters. The molecule has 2 rings (SSSR count). The Morgan fingerprint density at radius 3 is 2.67 bits per heavy atom. The van der Waals surface area contributed by atoms with E-state index in [-0.39, 0.29) is 6.04 Å². The van der Waals surface area contributed by atoms with Crippen molar-refractivity contribution in [2.75, 3.05) is 6.54 Å². The molecule has 0 radical (unpaired) electrons. The first-order valence-electron chi connectivity index (χ1n) is 5.51. The largest absolute Gasteiger partial charge is 0.329 e. The summed E-state index contributed by atoms with van der Waals surface area (Å²) in [6, 6.07) is 8.65. The topological polar surface area (TPSA) is 52.0 Å². The summed E-state index contributed by atoms with van der Waals surface area (Å²) in [4.78, 5) is 0. The predicted octanol–water partition coefficient (Wildman–Crippen LogP) is 1.39. The molecule has 80 valence electrons. The molecule has 1 aromatic rings. The van der Waals surface area contributed by atoms with E-state index in [1.807, 2.05) is 0 Å². The standard InChI is InChI=1S/C13H18N2/c14-9-13(15)8-10-5-6-11-3-1-2-4-12(11)7-10/h1-4,8,13H,5-7,9,14-15H2/b10-8+. The van der Waals surface area contributed by atoms with Gasteiger partial charge in [-0.25, -0.2) is 0 Å². The molecule has 1 aliphatic rings. The average molecular weight is 202 g/mol. The van der Waals surface area contributed by atoms with Crippen LogP contribution in [0, 0.1) is 0 Å². The van der Waals surface area contributed by atoms with Crippen molar-refractivity contribution in [2.45, 2.75) is 25.3 Å². The van der Waals surface area contributed by atoms with Crippen molar-refractivity contribution >= 4 is 0 Å². The van der Waals surface area contributed by atoms with Crippen LogP contribution in [0.15, 0.2) is 35.9 Å². The first-order chi connectivity index (χ1) is 7.29. The minimum absolute atomic E-state index is 0.0188. The maximum Gasteiger partial charge on any atom is 0.0351 e. The zero-order valence-electron chi connectivity index (χ0n) is 8.95. The summed E-state index contributed by atoms with van der Waals surface area (Å²) in [6.07, 6.45) is 5.45. The number of hydrogen-bond donors (Lipinski definition) is 2. The third-order valence-corrected chi connectivity index (χ3v) is 2.97. The summed E-state index contributed by atoms with van der Waals surface area (Å²) in [6.45, 7) is 0.533. The van der Waals surface area contributed by atoms with Gasteiger partial charge in [-0.15, -0.1) is 0 Å². The van der Waals surface area contributed by atoms with E-state index in [4.69, 9.17) is 11.5 Å². The lowest BCUT2D eigenvalue weighted by atomic mass is 9.87. The number of fused-ring (bicyclic) bond motifs is 1. The van der Waals surface area contributed by atoms with Crippen LogP contribution in [-0.2, 0) is 12.8 Å². The number of rotatable bonds is 2. The summed E-state index contributed by atoms with van der Waals surface area (Å²) in [7, 11) is 0. The highest BCUT2D eigenvalue weighted by Gasteiger charge is 2.12. The molecule has 15 heavy (non-hydrogen) atoms. The zero-order valence-corrected chi connectivity index (χ0v) is 8.95. The van der Waals surface area contributed by atoms with E-state index in [9.17, 15) is 0 Å². The maximum atomic E-state index is 5.82. The Labute approximate surface area is 91.0 Å². The lowest BCUT2D eigenvalue weighted by molar-refractivity contribution is 0.774. The number of benzene rings is 1. The van der Waals surface area contributed by atoms with E-state index in [2.05, 4.69) is 30.3 Å². The van der Waals surface area contributed by atoms with Crippen LogP contribution in [0.1, 0.15) is 17.5 Å². The summed E-state index contributed by atoms with van der Waals surface area (Å²) < 4.78 is 0. The number of nitrogens with two attached hydrogens (primary N) is 2. The van der Waals surface area contributed by atoms with Crippen molar-refractivity contribution < 1.29 is 0 Å². The Morgan fingerprint density at radius 1 is 1.20 bits per heavy atom. The first kappa shape index (κ1) is 10.4. The molecule has 0 spiro atoms. The van der Waals surface area contributed by atoms with Gasteiger partial charge in [-0.3, -0.25) is 0 Å². The quantitative estimate of drug-likeness (QED) is 0.712. The summed E-state index contributed by atoms with van der Waals surface area (Å²) >= 11 is 0. The molecule has 1 atom stereocenters. The van der Waals surface area contributed by atoms with Gasteiger partial charge in [0.2, 0.25) is 0 Å². The molecule has 0 amide bonds. The Morgan fingerprint density at radius 2 is 1.93 bits per heavy atom. The van der Waals surface area contributed by atoms with Crippen LogP contribution in [0.2, 0.25) is 0 Å². The number of hydrogen-bond acceptors (Lipinski definition) is 2. The lowest BCUT2D eigenvalue weighted by Gasteiger charge is -2.19. The van der Waals surface area contributed by atoms with Crippen LogP contribution < -0.4 is 11.5 Å². The van der Waals surface area contributed by atoms with Crippen molar-refractivity contribution in [3.8, 4) is 0 Å². The molecule has 0 saturated carbocycles. The molecule has 0 saturated heterocycles. The fourth-order valence-corrected chi connectivity index (χ4v) is 2.12. The average Bonchev–Trinajstić information content (AvgIpc) is 2.29. The first-order valence-corrected chi connectivity index (χ1v) is 5.51. The van der Waals surface area contributed by atoms with Crippen molar-refractivity contribution in [3.05, 3.63) is 47.0 Å². The molecule has 1 aliphatic carbocycles. The van der Waals surface area contributed by atoms with Crippen LogP contribution in [0.5, 0.6) is 0 Å². The summed E-state index contributed by atoms with van der Waals surface area (Å²) in [5.41, 5.74) is 15.7. The normalized spacial score (nSPS) is 20.0. The second kappa shape index (κ2) is 4.60. The van der Waals surface area contributed by atoms with Crippen LogP contribution >= 0.6 is 0 Å². The molecule has 0 fully saturated rings. The van der Waals surface area contributed by atoms with E-state index in [0.717, 1.165) is 19.3 Å². The van der Waals surface area contributed by atoms with Gasteiger partial charge in [-0.05, 0) is 30.4 Å². The Hall–Kier alpha value is -1.12. The zero-order chi connectivity index (χ0) is 10.7. The van der Waals surface area contributed by atoms with Crippen LogP contribution in [0.4, 0.5) is 0 Å². The Kier molecular flexibility index (Phi) is 3.19. The van der Waals surface area contributed by atoms with Crippen LogP contribution in [0.25, 0.3) is 0 Å². The van der Waals surface area contributed by atoms with E-state index in [1.165, 1.54) is 16.7 Å². The highest BCUT2D eigenvalue weighted by atomic mass is 14.7. The van der Waals surface area contributed by atoms with Gasteiger partial charge in [0.15, 0.2) is 0 Å². The van der Waals surface area contributed by atoms with Gasteiger partial charge >= 0.3 is 0 Å². The second-order valence-electron chi connectivity index (χ2n) is 4.17. The third kappa shape index (κ3) is 2.46. The van der Waals surface area contributed by atoms with Crippen LogP contribution in [-0.4, -0.2) is 12.6 Å². The minimum atomic E-state index is 0.0188. The van der Waals surface area contributed by atoms with Crippen molar-refractivity contribution in [1.82, 2.24) is 0 Å². The molecular weight excluding hydrogens is 184 g/mol. The van der Waals surface area contributed by atoms with E-state index in [1.54, 1.807) is 0 Å². The van der Waals surface area contributed by atoms with Crippen molar-refractivity contribution in [1.29, 1.82) is 0 Å². The molecule has 2 heteroatoms. The second-order valence-corrected chi connectivity index (χ2v) is 4.17. The maximum absolute atomic E-state index is 5.82. The van der Waals surface area contributed by atoms with Crippen molar-refractivity contribution in [3.63, 3.8) is 0 Å². The fraction of sp³-hybridized carbons (Fsp3) is 0.385. The van der Waals surface area contributed by atoms with Gasteiger partial charge in [-0.2, -0.15) is 0 Å². The summed E-state index contributed by atoms with van der Waals surface area (Å²) in [5.74, 6) is 0. The van der Waals surface area contributed by atoms with Gasteiger partial charge in [0, 0.05) is 12.6 Å². The van der Waals surface area contributed by atoms with Gasteiger partial charge in [0.1, 0.15) is 0 Å². The van der Waals surface area contributed by atoms with Gasteiger partial charge in [0.05, 0.1) is 0 Å². The van der Waals surface area contributed by atoms with Gasteiger partial charge < -0.3 is 11.5 Å². The monoisotopic (exact) mass is 202 g/mol. The fourth-order valence-electron chi connectivity index (χ4n) is 2.12. The molecule has 4 N–H and O–H groups in total. The molecule has 0 heterocycles. The number of allylic oxidation sites excluding steroid dienone is 1. The smallest absolute Gasteiger partial charge is 0.0351 e. The van der Waals surface area contributed by atoms with Crippen molar-refractivity contribution in [2.24, 2.45) is 11.5 Å². The van der Waals surface area contributed by atoms with E-state index in [0.29, 0.717) is 6.54 Å². The van der Waals surface area contributed by atoms with E-state index >= 15 is 0 Å². The third-order valence-electron chi connectivity index (χ3n) is 2.97. The Bertz CT molecular complexity index is 369. The molecule has 0 aliphatic heterocycles. The molecule has 2 nitrogen and oxygen atoms in total. The molecule has 0 bridgehead atoms. The van der Waals surface area contributed by atoms with Gasteiger partial charge in [0.25, 0.3) is 0 Å². The number of aryl methyl sites for hydroxylation is 1. The van der Waals surface area contributed by atoms with E-state index < -0.39 is 0 Å². The highest BCUT2D eigenvalue weighted by molar-refractivity contribution is 5.35.